The lowest BCUT2D eigenvalue weighted by Crippen LogP contribution is -2.18. The van der Waals surface area contributed by atoms with E-state index in [1.54, 1.807) is 12.1 Å². The normalized spacial score (nSPS) is 10.6. The van der Waals surface area contributed by atoms with Gasteiger partial charge in [0.1, 0.15) is 0 Å². The molecule has 2 rings (SSSR count). The van der Waals surface area contributed by atoms with E-state index in [1.165, 1.54) is 46.8 Å². The molecule has 144 valence electrons. The number of phenols is 1. The minimum absolute atomic E-state index is 0.0525. The molecule has 8 nitrogen and oxygen atoms in total. The Morgan fingerprint density at radius 3 is 2.11 bits per heavy atom. The van der Waals surface area contributed by atoms with Gasteiger partial charge in [-0.2, -0.15) is 5.10 Å². The summed E-state index contributed by atoms with van der Waals surface area (Å²) < 4.78 is 21.4. The summed E-state index contributed by atoms with van der Waals surface area (Å²) in [6.07, 6.45) is 1.44. The van der Waals surface area contributed by atoms with Gasteiger partial charge in [0.2, 0.25) is 5.75 Å². The lowest BCUT2D eigenvalue weighted by molar-refractivity contribution is 0.0954. The Balaban J connectivity index is 2.21. The molecule has 0 saturated heterocycles. The molecule has 9 heteroatoms. The highest BCUT2D eigenvalue weighted by Gasteiger charge is 2.16. The van der Waals surface area contributed by atoms with Crippen LogP contribution in [0, 0.1) is 3.57 Å². The van der Waals surface area contributed by atoms with Crippen LogP contribution in [0.5, 0.6) is 28.7 Å². The van der Waals surface area contributed by atoms with E-state index < -0.39 is 5.91 Å². The van der Waals surface area contributed by atoms with Crippen LogP contribution in [-0.2, 0) is 0 Å². The van der Waals surface area contributed by atoms with E-state index in [-0.39, 0.29) is 5.75 Å². The van der Waals surface area contributed by atoms with E-state index in [1.807, 2.05) is 22.6 Å². The van der Waals surface area contributed by atoms with E-state index in [0.29, 0.717) is 37.7 Å². The average molecular weight is 486 g/mol. The minimum atomic E-state index is -0.453. The molecule has 0 aliphatic rings. The molecule has 0 heterocycles. The zero-order valence-corrected chi connectivity index (χ0v) is 17.4. The van der Waals surface area contributed by atoms with E-state index in [0.717, 1.165) is 0 Å². The molecule has 0 atom stereocenters. The van der Waals surface area contributed by atoms with Gasteiger partial charge in [0, 0.05) is 5.56 Å². The number of aromatic hydroxyl groups is 1. The van der Waals surface area contributed by atoms with Crippen LogP contribution in [0.3, 0.4) is 0 Å². The number of phenolic OH excluding ortho intramolecular Hbond substituents is 1. The average Bonchev–Trinajstić information content (AvgIpc) is 2.68. The molecule has 0 aliphatic heterocycles. The van der Waals surface area contributed by atoms with Gasteiger partial charge < -0.3 is 24.1 Å². The fourth-order valence-corrected chi connectivity index (χ4v) is 2.89. The van der Waals surface area contributed by atoms with Gasteiger partial charge >= 0.3 is 0 Å². The van der Waals surface area contributed by atoms with Crippen molar-refractivity contribution < 1.29 is 28.8 Å². The molecule has 0 unspecified atom stereocenters. The number of amides is 1. The van der Waals surface area contributed by atoms with Gasteiger partial charge in [-0.05, 0) is 52.4 Å². The van der Waals surface area contributed by atoms with Gasteiger partial charge in [0.05, 0.1) is 38.2 Å². The van der Waals surface area contributed by atoms with E-state index in [9.17, 15) is 9.90 Å². The zero-order valence-electron chi connectivity index (χ0n) is 15.2. The number of nitrogens with zero attached hydrogens (tertiary/aromatic N) is 1. The summed E-state index contributed by atoms with van der Waals surface area (Å²) in [5.41, 5.74) is 3.38. The third kappa shape index (κ3) is 4.73. The minimum Gasteiger partial charge on any atom is -0.504 e. The lowest BCUT2D eigenvalue weighted by atomic mass is 10.1. The van der Waals surface area contributed by atoms with Crippen LogP contribution in [0.1, 0.15) is 15.9 Å². The summed E-state index contributed by atoms with van der Waals surface area (Å²) in [5, 5.41) is 13.8. The Labute approximate surface area is 170 Å². The van der Waals surface area contributed by atoms with Crippen LogP contribution in [0.15, 0.2) is 29.4 Å². The molecule has 0 fully saturated rings. The van der Waals surface area contributed by atoms with Gasteiger partial charge in [0.15, 0.2) is 23.0 Å². The Bertz CT molecular complexity index is 844. The molecular weight excluding hydrogens is 467 g/mol. The van der Waals surface area contributed by atoms with Crippen LogP contribution in [0.2, 0.25) is 0 Å². The van der Waals surface area contributed by atoms with Crippen LogP contribution in [0.25, 0.3) is 0 Å². The first kappa shape index (κ1) is 20.6. The standard InChI is InChI=1S/C18H19IN2O6/c1-24-13-6-10(5-12(19)16(13)22)9-20-21-18(23)11-7-14(25-2)17(27-4)15(8-11)26-3/h5-9,22H,1-4H3,(H,21,23)/b20-9+. The number of carbonyl (C=O) groups is 1. The Morgan fingerprint density at radius 2 is 1.59 bits per heavy atom. The molecule has 0 aromatic heterocycles. The Kier molecular flexibility index (Phi) is 7.11. The smallest absolute Gasteiger partial charge is 0.271 e. The number of hydrogen-bond acceptors (Lipinski definition) is 7. The summed E-state index contributed by atoms with van der Waals surface area (Å²) in [6.45, 7) is 0. The van der Waals surface area contributed by atoms with Crippen LogP contribution in [0.4, 0.5) is 0 Å². The highest BCUT2D eigenvalue weighted by molar-refractivity contribution is 14.1. The summed E-state index contributed by atoms with van der Waals surface area (Å²) in [7, 11) is 5.88. The third-order valence-corrected chi connectivity index (χ3v) is 4.40. The second-order valence-electron chi connectivity index (χ2n) is 5.17. The van der Waals surface area contributed by atoms with Gasteiger partial charge in [-0.15, -0.1) is 0 Å². The molecule has 1 amide bonds. The number of nitrogens with one attached hydrogen (secondary N) is 1. The molecule has 0 spiro atoms. The quantitative estimate of drug-likeness (QED) is 0.355. The first-order valence-corrected chi connectivity index (χ1v) is 8.72. The number of benzene rings is 2. The number of rotatable bonds is 7. The second-order valence-corrected chi connectivity index (χ2v) is 6.33. The van der Waals surface area contributed by atoms with Crippen molar-refractivity contribution in [2.45, 2.75) is 0 Å². The van der Waals surface area contributed by atoms with E-state index >= 15 is 0 Å². The van der Waals surface area contributed by atoms with Crippen molar-refractivity contribution in [3.8, 4) is 28.7 Å². The number of hydrogen-bond donors (Lipinski definition) is 2. The van der Waals surface area contributed by atoms with Crippen molar-refractivity contribution in [1.29, 1.82) is 0 Å². The van der Waals surface area contributed by atoms with Gasteiger partial charge in [-0.25, -0.2) is 5.43 Å². The molecule has 0 radical (unpaired) electrons. The zero-order chi connectivity index (χ0) is 20.0. The maximum Gasteiger partial charge on any atom is 0.271 e. The SMILES string of the molecule is COc1cc(/C=N/NC(=O)c2cc(OC)c(OC)c(OC)c2)cc(I)c1O. The number of carbonyl (C=O) groups excluding carboxylic acids is 1. The topological polar surface area (TPSA) is 98.6 Å². The number of halogens is 1. The summed E-state index contributed by atoms with van der Waals surface area (Å²) >= 11 is 1.98. The first-order chi connectivity index (χ1) is 12.9. The molecule has 2 aromatic rings. The Hall–Kier alpha value is -2.69. The van der Waals surface area contributed by atoms with Crippen molar-refractivity contribution in [2.75, 3.05) is 28.4 Å². The van der Waals surface area contributed by atoms with Crippen molar-refractivity contribution >= 4 is 34.7 Å². The second kappa shape index (κ2) is 9.31. The summed E-state index contributed by atoms with van der Waals surface area (Å²) in [5.74, 6) is 1.04. The van der Waals surface area contributed by atoms with Crippen LogP contribution < -0.4 is 24.4 Å². The molecule has 0 bridgehead atoms. The maximum atomic E-state index is 12.4. The van der Waals surface area contributed by atoms with Gasteiger partial charge in [-0.1, -0.05) is 0 Å². The first-order valence-electron chi connectivity index (χ1n) is 7.65. The van der Waals surface area contributed by atoms with Gasteiger partial charge in [-0.3, -0.25) is 4.79 Å². The Morgan fingerprint density at radius 1 is 1.00 bits per heavy atom. The molecule has 0 saturated carbocycles. The van der Waals surface area contributed by atoms with Crippen molar-refractivity contribution in [3.63, 3.8) is 0 Å². The fourth-order valence-electron chi connectivity index (χ4n) is 2.27. The van der Waals surface area contributed by atoms with E-state index in [4.69, 9.17) is 18.9 Å². The molecule has 2 N–H and O–H groups in total. The number of ether oxygens (including phenoxy) is 4. The third-order valence-electron chi connectivity index (χ3n) is 3.58. The highest BCUT2D eigenvalue weighted by atomic mass is 127. The highest BCUT2D eigenvalue weighted by Crippen LogP contribution is 2.38. The number of hydrazone groups is 1. The molecular formula is C18H19IN2O6. The molecule has 27 heavy (non-hydrogen) atoms. The monoisotopic (exact) mass is 486 g/mol. The summed E-state index contributed by atoms with van der Waals surface area (Å²) in [4.78, 5) is 12.4. The van der Waals surface area contributed by atoms with Crippen LogP contribution >= 0.6 is 22.6 Å². The van der Waals surface area contributed by atoms with Crippen molar-refractivity contribution in [1.82, 2.24) is 5.43 Å². The molecule has 0 aliphatic carbocycles. The molecule has 2 aromatic carbocycles. The lowest BCUT2D eigenvalue weighted by Gasteiger charge is -2.13. The van der Waals surface area contributed by atoms with Gasteiger partial charge in [0.25, 0.3) is 5.91 Å². The van der Waals surface area contributed by atoms with E-state index in [2.05, 4.69) is 10.5 Å². The number of methoxy groups -OCH3 is 4. The predicted molar refractivity (Wildman–Crippen MR) is 109 cm³/mol. The van der Waals surface area contributed by atoms with Crippen molar-refractivity contribution in [3.05, 3.63) is 39.0 Å². The summed E-state index contributed by atoms with van der Waals surface area (Å²) in [6, 6.07) is 6.36. The van der Waals surface area contributed by atoms with Crippen LogP contribution in [-0.4, -0.2) is 45.7 Å². The van der Waals surface area contributed by atoms with Crippen molar-refractivity contribution in [2.24, 2.45) is 5.10 Å². The fraction of sp³-hybridized carbons (Fsp3) is 0.222. The maximum absolute atomic E-state index is 12.4. The predicted octanol–water partition coefficient (Wildman–Crippen LogP) is 2.80. The largest absolute Gasteiger partial charge is 0.504 e.